The molecular formula is C14H23FN2O2S. The molecule has 1 aromatic rings. The summed E-state index contributed by atoms with van der Waals surface area (Å²) in [6.07, 6.45) is 5.51. The molecule has 0 amide bonds. The van der Waals surface area contributed by atoms with Crippen LogP contribution in [0.25, 0.3) is 0 Å². The largest absolute Gasteiger partial charge is 0.261 e. The fourth-order valence-corrected chi connectivity index (χ4v) is 3.11. The molecule has 114 valence electrons. The smallest absolute Gasteiger partial charge is 0.241 e. The lowest BCUT2D eigenvalue weighted by molar-refractivity contribution is 0.320. The van der Waals surface area contributed by atoms with Gasteiger partial charge in [-0.15, -0.1) is 0 Å². The van der Waals surface area contributed by atoms with E-state index in [0.717, 1.165) is 31.7 Å². The lowest BCUT2D eigenvalue weighted by Crippen LogP contribution is -2.34. The first kappa shape index (κ1) is 17.0. The summed E-state index contributed by atoms with van der Waals surface area (Å²) in [7, 11) is -3.89. The van der Waals surface area contributed by atoms with Gasteiger partial charge in [-0.3, -0.25) is 0 Å². The third-order valence-corrected chi connectivity index (χ3v) is 4.51. The van der Waals surface area contributed by atoms with E-state index in [4.69, 9.17) is 0 Å². The highest BCUT2D eigenvalue weighted by atomic mass is 32.2. The summed E-state index contributed by atoms with van der Waals surface area (Å²) in [6.45, 7) is 6.40. The molecule has 0 saturated heterocycles. The minimum atomic E-state index is -3.89. The van der Waals surface area contributed by atoms with Gasteiger partial charge in [0, 0.05) is 12.7 Å². The average Bonchev–Trinajstić information content (AvgIpc) is 2.37. The van der Waals surface area contributed by atoms with Crippen molar-refractivity contribution in [3.8, 4) is 0 Å². The maximum absolute atomic E-state index is 13.5. The van der Waals surface area contributed by atoms with Crippen LogP contribution in [0.15, 0.2) is 23.4 Å². The van der Waals surface area contributed by atoms with E-state index in [1.807, 2.05) is 13.8 Å². The predicted octanol–water partition coefficient (Wildman–Crippen LogP) is 3.11. The number of rotatable bonds is 8. The molecule has 0 aliphatic rings. The van der Waals surface area contributed by atoms with Crippen LogP contribution in [0.5, 0.6) is 0 Å². The molecule has 0 aliphatic heterocycles. The molecular weight excluding hydrogens is 279 g/mol. The molecule has 1 N–H and O–H groups in total. The highest BCUT2D eigenvalue weighted by Gasteiger charge is 2.24. The van der Waals surface area contributed by atoms with Crippen LogP contribution in [-0.2, 0) is 10.0 Å². The van der Waals surface area contributed by atoms with Crippen LogP contribution in [0.1, 0.15) is 46.5 Å². The topological polar surface area (TPSA) is 59.1 Å². The van der Waals surface area contributed by atoms with Gasteiger partial charge in [0.05, 0.1) is 0 Å². The van der Waals surface area contributed by atoms with Crippen LogP contribution < -0.4 is 4.72 Å². The molecule has 1 aromatic heterocycles. The number of aromatic nitrogens is 1. The Labute approximate surface area is 120 Å². The van der Waals surface area contributed by atoms with Gasteiger partial charge in [0.25, 0.3) is 10.0 Å². The monoisotopic (exact) mass is 302 g/mol. The molecule has 0 radical (unpaired) electrons. The van der Waals surface area contributed by atoms with E-state index in [0.29, 0.717) is 0 Å². The van der Waals surface area contributed by atoms with Gasteiger partial charge in [-0.2, -0.15) is 0 Å². The van der Waals surface area contributed by atoms with Crippen LogP contribution in [0.3, 0.4) is 0 Å². The van der Waals surface area contributed by atoms with E-state index in [-0.39, 0.29) is 12.0 Å². The van der Waals surface area contributed by atoms with Gasteiger partial charge in [0.2, 0.25) is 5.03 Å². The third kappa shape index (κ3) is 5.17. The lowest BCUT2D eigenvalue weighted by Gasteiger charge is -2.24. The first-order valence-corrected chi connectivity index (χ1v) is 8.37. The second-order valence-corrected chi connectivity index (χ2v) is 7.42. The molecule has 4 nitrogen and oxygen atoms in total. The summed E-state index contributed by atoms with van der Waals surface area (Å²) >= 11 is 0. The minimum absolute atomic E-state index is 0.159. The zero-order chi connectivity index (χ0) is 15.2. The molecule has 0 unspecified atom stereocenters. The number of nitrogens with zero attached hydrogens (tertiary/aromatic N) is 1. The van der Waals surface area contributed by atoms with E-state index >= 15 is 0 Å². The van der Waals surface area contributed by atoms with E-state index in [9.17, 15) is 12.8 Å². The maximum atomic E-state index is 13.5. The Balaban J connectivity index is 2.66. The van der Waals surface area contributed by atoms with Crippen molar-refractivity contribution in [2.45, 2.75) is 51.5 Å². The van der Waals surface area contributed by atoms with Crippen molar-refractivity contribution in [1.82, 2.24) is 9.71 Å². The second-order valence-electron chi connectivity index (χ2n) is 5.74. The summed E-state index contributed by atoms with van der Waals surface area (Å²) in [5.41, 5.74) is -0.159. The fraction of sp³-hybridized carbons (Fsp3) is 0.643. The highest BCUT2D eigenvalue weighted by molar-refractivity contribution is 7.89. The second kappa shape index (κ2) is 7.13. The number of hydrogen-bond donors (Lipinski definition) is 1. The molecule has 0 atom stereocenters. The minimum Gasteiger partial charge on any atom is -0.241 e. The molecule has 20 heavy (non-hydrogen) atoms. The van der Waals surface area contributed by atoms with E-state index < -0.39 is 20.9 Å². The van der Waals surface area contributed by atoms with E-state index in [2.05, 4.69) is 16.6 Å². The average molecular weight is 302 g/mol. The zero-order valence-corrected chi connectivity index (χ0v) is 13.1. The number of pyridine rings is 1. The van der Waals surface area contributed by atoms with Crippen molar-refractivity contribution < 1.29 is 12.8 Å². The molecule has 1 rings (SSSR count). The summed E-state index contributed by atoms with van der Waals surface area (Å²) in [4.78, 5) is 3.60. The standard InChI is InChI=1S/C14H23FN2O2S/c1-4-5-6-9-14(2,3)11-17-20(18,19)13-12(15)8-7-10-16-13/h7-8,10,17H,4-6,9,11H2,1-3H3. The Morgan fingerprint density at radius 1 is 1.35 bits per heavy atom. The number of halogens is 1. The summed E-state index contributed by atoms with van der Waals surface area (Å²) < 4.78 is 40.0. The third-order valence-electron chi connectivity index (χ3n) is 3.18. The van der Waals surface area contributed by atoms with Gasteiger partial charge in [-0.05, 0) is 24.0 Å². The number of hydrogen-bond acceptors (Lipinski definition) is 3. The van der Waals surface area contributed by atoms with Crippen LogP contribution in [-0.4, -0.2) is 19.9 Å². The Kier molecular flexibility index (Phi) is 6.07. The van der Waals surface area contributed by atoms with E-state index in [1.165, 1.54) is 12.3 Å². The normalized spacial score (nSPS) is 12.6. The molecule has 0 aromatic carbocycles. The van der Waals surface area contributed by atoms with Crippen LogP contribution in [0, 0.1) is 11.2 Å². The lowest BCUT2D eigenvalue weighted by atomic mass is 9.87. The van der Waals surface area contributed by atoms with Gasteiger partial charge in [0.15, 0.2) is 5.82 Å². The van der Waals surface area contributed by atoms with Gasteiger partial charge in [0.1, 0.15) is 0 Å². The van der Waals surface area contributed by atoms with E-state index in [1.54, 1.807) is 0 Å². The molecule has 1 heterocycles. The van der Waals surface area contributed by atoms with Crippen molar-refractivity contribution in [3.05, 3.63) is 24.1 Å². The molecule has 0 fully saturated rings. The molecule has 0 spiro atoms. The van der Waals surface area contributed by atoms with Crippen LogP contribution in [0.2, 0.25) is 0 Å². The highest BCUT2D eigenvalue weighted by Crippen LogP contribution is 2.23. The molecule has 0 bridgehead atoms. The Bertz CT molecular complexity index is 530. The Hall–Kier alpha value is -1.01. The van der Waals surface area contributed by atoms with Crippen LogP contribution >= 0.6 is 0 Å². The quantitative estimate of drug-likeness (QED) is 0.751. The first-order chi connectivity index (χ1) is 9.28. The first-order valence-electron chi connectivity index (χ1n) is 6.89. The number of sulfonamides is 1. The van der Waals surface area contributed by atoms with Gasteiger partial charge < -0.3 is 0 Å². The van der Waals surface area contributed by atoms with Crippen LogP contribution in [0.4, 0.5) is 4.39 Å². The van der Waals surface area contributed by atoms with Crippen molar-refractivity contribution in [2.75, 3.05) is 6.54 Å². The zero-order valence-electron chi connectivity index (χ0n) is 12.3. The molecule has 0 saturated carbocycles. The SMILES string of the molecule is CCCCCC(C)(C)CNS(=O)(=O)c1ncccc1F. The van der Waals surface area contributed by atoms with Crippen molar-refractivity contribution in [1.29, 1.82) is 0 Å². The summed E-state index contributed by atoms with van der Waals surface area (Å²) in [5, 5.41) is -0.538. The number of nitrogens with one attached hydrogen (secondary N) is 1. The Morgan fingerprint density at radius 3 is 2.65 bits per heavy atom. The fourth-order valence-electron chi connectivity index (χ4n) is 1.87. The van der Waals surface area contributed by atoms with Crippen molar-refractivity contribution >= 4 is 10.0 Å². The van der Waals surface area contributed by atoms with Gasteiger partial charge >= 0.3 is 0 Å². The van der Waals surface area contributed by atoms with Crippen molar-refractivity contribution in [3.63, 3.8) is 0 Å². The summed E-state index contributed by atoms with van der Waals surface area (Å²) in [6, 6.07) is 2.46. The predicted molar refractivity (Wildman–Crippen MR) is 77.3 cm³/mol. The maximum Gasteiger partial charge on any atom is 0.261 e. The molecule has 6 heteroatoms. The van der Waals surface area contributed by atoms with Gasteiger partial charge in [-0.1, -0.05) is 40.0 Å². The summed E-state index contributed by atoms with van der Waals surface area (Å²) in [5.74, 6) is -0.830. The van der Waals surface area contributed by atoms with Gasteiger partial charge in [-0.25, -0.2) is 22.5 Å². The van der Waals surface area contributed by atoms with Crippen molar-refractivity contribution in [2.24, 2.45) is 5.41 Å². The number of unbranched alkanes of at least 4 members (excludes halogenated alkanes) is 2. The Morgan fingerprint density at radius 2 is 2.05 bits per heavy atom. The molecule has 0 aliphatic carbocycles.